The van der Waals surface area contributed by atoms with E-state index < -0.39 is 10.2 Å². The molecule has 2 aliphatic heterocycles. The molecule has 8 nitrogen and oxygen atoms in total. The Morgan fingerprint density at radius 3 is 2.21 bits per heavy atom. The van der Waals surface area contributed by atoms with Crippen LogP contribution in [0.3, 0.4) is 0 Å². The van der Waals surface area contributed by atoms with E-state index in [1.807, 2.05) is 7.05 Å². The number of likely N-dealkylation sites (N-methyl/N-ethyl adjacent to an activating group) is 1. The van der Waals surface area contributed by atoms with Crippen LogP contribution >= 0.6 is 11.3 Å². The molecule has 2 aliphatic rings. The quantitative estimate of drug-likeness (QED) is 0.699. The van der Waals surface area contributed by atoms with E-state index in [1.54, 1.807) is 20.9 Å². The number of carbonyl (C=O) groups is 1. The summed E-state index contributed by atoms with van der Waals surface area (Å²) in [5, 5.41) is 0. The van der Waals surface area contributed by atoms with Gasteiger partial charge in [-0.1, -0.05) is 0 Å². The zero-order valence-electron chi connectivity index (χ0n) is 13.8. The average molecular weight is 374 g/mol. The minimum absolute atomic E-state index is 0.0379. The molecule has 134 valence electrons. The second-order valence-corrected chi connectivity index (χ2v) is 9.03. The van der Waals surface area contributed by atoms with Crippen molar-refractivity contribution in [1.82, 2.24) is 23.4 Å². The maximum atomic E-state index is 12.7. The number of aromatic nitrogens is 1. The van der Waals surface area contributed by atoms with E-state index in [-0.39, 0.29) is 5.91 Å². The Kier molecular flexibility index (Phi) is 5.50. The number of hydrogen-bond acceptors (Lipinski definition) is 6. The second kappa shape index (κ2) is 7.44. The van der Waals surface area contributed by atoms with Crippen LogP contribution in [0.5, 0.6) is 0 Å². The summed E-state index contributed by atoms with van der Waals surface area (Å²) in [5.41, 5.74) is 1.71. The Hall–Kier alpha value is -1.07. The van der Waals surface area contributed by atoms with Crippen molar-refractivity contribution in [2.75, 3.05) is 59.4 Å². The first kappa shape index (κ1) is 17.7. The molecule has 0 N–H and O–H groups in total. The molecule has 1 aromatic rings. The molecule has 0 aromatic carbocycles. The van der Waals surface area contributed by atoms with Crippen molar-refractivity contribution in [3.05, 3.63) is 16.6 Å². The fourth-order valence-electron chi connectivity index (χ4n) is 2.94. The maximum absolute atomic E-state index is 12.7. The standard InChI is InChI=1S/C14H23N5O3S2/c1-16-2-6-18(7-3-16)24(21,22)19-8-4-17(5-9-19)14(20)10-13-11-15-12-23-13/h11-12H,2-10H2,1H3. The lowest BCUT2D eigenvalue weighted by Crippen LogP contribution is -2.57. The molecule has 2 fully saturated rings. The highest BCUT2D eigenvalue weighted by atomic mass is 32.2. The molecular weight excluding hydrogens is 350 g/mol. The summed E-state index contributed by atoms with van der Waals surface area (Å²) >= 11 is 1.46. The van der Waals surface area contributed by atoms with E-state index in [0.717, 1.165) is 18.0 Å². The molecule has 24 heavy (non-hydrogen) atoms. The van der Waals surface area contributed by atoms with Crippen molar-refractivity contribution in [3.63, 3.8) is 0 Å². The van der Waals surface area contributed by atoms with Crippen LogP contribution in [0.15, 0.2) is 11.7 Å². The Balaban J connectivity index is 1.53. The predicted molar refractivity (Wildman–Crippen MR) is 92.0 cm³/mol. The van der Waals surface area contributed by atoms with Crippen LogP contribution in [0.2, 0.25) is 0 Å². The SMILES string of the molecule is CN1CCN(S(=O)(=O)N2CCN(C(=O)Cc3cncs3)CC2)CC1. The van der Waals surface area contributed by atoms with Crippen molar-refractivity contribution in [2.24, 2.45) is 0 Å². The maximum Gasteiger partial charge on any atom is 0.282 e. The minimum Gasteiger partial charge on any atom is -0.340 e. The third-order valence-corrected chi connectivity index (χ3v) is 7.33. The number of carbonyl (C=O) groups excluding carboxylic acids is 1. The molecular formula is C14H23N5O3S2. The van der Waals surface area contributed by atoms with Crippen molar-refractivity contribution in [2.45, 2.75) is 6.42 Å². The second-order valence-electron chi connectivity index (χ2n) is 6.13. The van der Waals surface area contributed by atoms with Gasteiger partial charge in [0, 0.05) is 63.4 Å². The molecule has 0 spiro atoms. The zero-order chi connectivity index (χ0) is 17.2. The first-order valence-electron chi connectivity index (χ1n) is 8.06. The lowest BCUT2D eigenvalue weighted by molar-refractivity contribution is -0.131. The Bertz CT molecular complexity index is 648. The smallest absolute Gasteiger partial charge is 0.282 e. The van der Waals surface area contributed by atoms with E-state index >= 15 is 0 Å². The molecule has 2 saturated heterocycles. The third kappa shape index (κ3) is 3.94. The highest BCUT2D eigenvalue weighted by Gasteiger charge is 2.34. The summed E-state index contributed by atoms with van der Waals surface area (Å²) in [4.78, 5) is 21.1. The van der Waals surface area contributed by atoms with Gasteiger partial charge in [0.25, 0.3) is 10.2 Å². The van der Waals surface area contributed by atoms with E-state index in [4.69, 9.17) is 0 Å². The van der Waals surface area contributed by atoms with Gasteiger partial charge in [-0.05, 0) is 7.05 Å². The molecule has 0 radical (unpaired) electrons. The summed E-state index contributed by atoms with van der Waals surface area (Å²) in [6.45, 7) is 4.20. The van der Waals surface area contributed by atoms with Gasteiger partial charge in [0.05, 0.1) is 11.9 Å². The van der Waals surface area contributed by atoms with Crippen LogP contribution in [0.4, 0.5) is 0 Å². The van der Waals surface area contributed by atoms with E-state index in [0.29, 0.717) is 45.7 Å². The average Bonchev–Trinajstić information content (AvgIpc) is 3.08. The van der Waals surface area contributed by atoms with Gasteiger partial charge in [-0.3, -0.25) is 9.78 Å². The lowest BCUT2D eigenvalue weighted by atomic mass is 10.3. The molecule has 1 amide bonds. The fraction of sp³-hybridized carbons (Fsp3) is 0.714. The van der Waals surface area contributed by atoms with Crippen LogP contribution < -0.4 is 0 Å². The van der Waals surface area contributed by atoms with E-state index in [2.05, 4.69) is 9.88 Å². The predicted octanol–water partition coefficient (Wildman–Crippen LogP) is -0.678. The van der Waals surface area contributed by atoms with Crippen LogP contribution in [0.1, 0.15) is 4.88 Å². The van der Waals surface area contributed by atoms with Crippen LogP contribution in [-0.2, 0) is 21.4 Å². The minimum atomic E-state index is -3.41. The molecule has 1 aromatic heterocycles. The molecule has 0 aliphatic carbocycles. The van der Waals surface area contributed by atoms with Gasteiger partial charge in [0.15, 0.2) is 0 Å². The van der Waals surface area contributed by atoms with Gasteiger partial charge in [-0.15, -0.1) is 11.3 Å². The molecule has 3 rings (SSSR count). The van der Waals surface area contributed by atoms with Gasteiger partial charge in [-0.2, -0.15) is 17.0 Å². The highest BCUT2D eigenvalue weighted by Crippen LogP contribution is 2.15. The normalized spacial score (nSPS) is 22.0. The summed E-state index contributed by atoms with van der Waals surface area (Å²) < 4.78 is 28.5. The molecule has 0 saturated carbocycles. The van der Waals surface area contributed by atoms with Gasteiger partial charge in [0.2, 0.25) is 5.91 Å². The highest BCUT2D eigenvalue weighted by molar-refractivity contribution is 7.86. The molecule has 0 bridgehead atoms. The summed E-state index contributed by atoms with van der Waals surface area (Å²) in [5.74, 6) is 0.0379. The summed E-state index contributed by atoms with van der Waals surface area (Å²) in [6, 6.07) is 0. The van der Waals surface area contributed by atoms with E-state index in [1.165, 1.54) is 15.6 Å². The molecule has 0 atom stereocenters. The van der Waals surface area contributed by atoms with Crippen molar-refractivity contribution >= 4 is 27.5 Å². The topological polar surface area (TPSA) is 77.1 Å². The number of piperazine rings is 2. The van der Waals surface area contributed by atoms with Gasteiger partial charge in [-0.25, -0.2) is 0 Å². The van der Waals surface area contributed by atoms with Gasteiger partial charge >= 0.3 is 0 Å². The lowest BCUT2D eigenvalue weighted by Gasteiger charge is -2.39. The number of thiazole rings is 1. The Labute approximate surface area is 146 Å². The van der Waals surface area contributed by atoms with Gasteiger partial charge < -0.3 is 9.80 Å². The van der Waals surface area contributed by atoms with Crippen LogP contribution in [0, 0.1) is 0 Å². The van der Waals surface area contributed by atoms with Crippen LogP contribution in [0.25, 0.3) is 0 Å². The number of amides is 1. The van der Waals surface area contributed by atoms with Gasteiger partial charge in [0.1, 0.15) is 0 Å². The van der Waals surface area contributed by atoms with Crippen molar-refractivity contribution in [3.8, 4) is 0 Å². The van der Waals surface area contributed by atoms with Crippen LogP contribution in [-0.4, -0.2) is 97.1 Å². The number of rotatable bonds is 4. The van der Waals surface area contributed by atoms with E-state index in [9.17, 15) is 13.2 Å². The number of hydrogen-bond donors (Lipinski definition) is 0. The van der Waals surface area contributed by atoms with Crippen molar-refractivity contribution in [1.29, 1.82) is 0 Å². The summed E-state index contributed by atoms with van der Waals surface area (Å²) in [7, 11) is -1.42. The first-order chi connectivity index (χ1) is 11.5. The molecule has 10 heteroatoms. The first-order valence-corrected chi connectivity index (χ1v) is 10.3. The third-order valence-electron chi connectivity index (χ3n) is 4.52. The largest absolute Gasteiger partial charge is 0.340 e. The fourth-order valence-corrected chi connectivity index (χ4v) is 5.10. The molecule has 0 unspecified atom stereocenters. The zero-order valence-corrected chi connectivity index (χ0v) is 15.4. The number of nitrogens with zero attached hydrogens (tertiary/aromatic N) is 5. The monoisotopic (exact) mass is 373 g/mol. The molecule has 3 heterocycles. The Morgan fingerprint density at radius 2 is 1.67 bits per heavy atom. The Morgan fingerprint density at radius 1 is 1.08 bits per heavy atom. The summed E-state index contributed by atoms with van der Waals surface area (Å²) in [6.07, 6.45) is 2.05. The van der Waals surface area contributed by atoms with Crippen molar-refractivity contribution < 1.29 is 13.2 Å².